The molecule has 0 fully saturated rings. The lowest BCUT2D eigenvalue weighted by Gasteiger charge is -2.15. The maximum Gasteiger partial charge on any atom is 0.224 e. The predicted molar refractivity (Wildman–Crippen MR) is 121 cm³/mol. The Balaban J connectivity index is 1.29. The van der Waals surface area contributed by atoms with Gasteiger partial charge in [-0.15, -0.1) is 0 Å². The molecule has 0 unspecified atom stereocenters. The molecule has 1 atom stereocenters. The molecule has 2 heterocycles. The molecule has 4 aromatic rings. The van der Waals surface area contributed by atoms with Gasteiger partial charge in [-0.25, -0.2) is 4.98 Å². The van der Waals surface area contributed by atoms with E-state index in [2.05, 4.69) is 15.5 Å². The van der Waals surface area contributed by atoms with Crippen molar-refractivity contribution >= 4 is 5.91 Å². The molecule has 4 rings (SSSR count). The van der Waals surface area contributed by atoms with Crippen LogP contribution in [-0.2, 0) is 17.8 Å². The SMILES string of the molecule is Cc1noc(C)c1COc1ccc(CC(=O)N[C@@H](C)c2ccc(-n3ccnc3)cc2)cc1. The number of amides is 1. The Bertz CT molecular complexity index is 1140. The van der Waals surface area contributed by atoms with Crippen LogP contribution in [0.4, 0.5) is 0 Å². The van der Waals surface area contributed by atoms with Gasteiger partial charge in [-0.1, -0.05) is 29.4 Å². The largest absolute Gasteiger partial charge is 0.489 e. The number of nitrogens with one attached hydrogen (secondary N) is 1. The van der Waals surface area contributed by atoms with Crippen molar-refractivity contribution < 1.29 is 14.1 Å². The highest BCUT2D eigenvalue weighted by atomic mass is 16.5. The topological polar surface area (TPSA) is 82.2 Å². The molecular formula is C25H26N4O3. The van der Waals surface area contributed by atoms with E-state index in [1.807, 2.05) is 80.1 Å². The molecule has 0 aliphatic rings. The Morgan fingerprint density at radius 3 is 2.50 bits per heavy atom. The van der Waals surface area contributed by atoms with Gasteiger partial charge in [0.15, 0.2) is 0 Å². The van der Waals surface area contributed by atoms with Gasteiger partial charge in [-0.2, -0.15) is 0 Å². The molecule has 0 aliphatic heterocycles. The summed E-state index contributed by atoms with van der Waals surface area (Å²) in [6.07, 6.45) is 5.70. The van der Waals surface area contributed by atoms with Crippen LogP contribution in [0.2, 0.25) is 0 Å². The fourth-order valence-corrected chi connectivity index (χ4v) is 3.48. The van der Waals surface area contributed by atoms with Crippen molar-refractivity contribution in [1.82, 2.24) is 20.0 Å². The summed E-state index contributed by atoms with van der Waals surface area (Å²) in [5.41, 5.74) is 4.79. The second-order valence-corrected chi connectivity index (χ2v) is 7.76. The van der Waals surface area contributed by atoms with Crippen LogP contribution in [0.15, 0.2) is 71.8 Å². The molecule has 7 nitrogen and oxygen atoms in total. The second-order valence-electron chi connectivity index (χ2n) is 7.76. The zero-order valence-corrected chi connectivity index (χ0v) is 18.4. The first-order valence-electron chi connectivity index (χ1n) is 10.5. The van der Waals surface area contributed by atoms with E-state index in [0.29, 0.717) is 13.0 Å². The summed E-state index contributed by atoms with van der Waals surface area (Å²) in [4.78, 5) is 16.6. The van der Waals surface area contributed by atoms with E-state index in [1.165, 1.54) is 0 Å². The minimum absolute atomic E-state index is 0.0272. The predicted octanol–water partition coefficient (Wildman–Crippen LogP) is 4.48. The lowest BCUT2D eigenvalue weighted by Crippen LogP contribution is -2.28. The van der Waals surface area contributed by atoms with Crippen molar-refractivity contribution in [2.45, 2.75) is 39.8 Å². The summed E-state index contributed by atoms with van der Waals surface area (Å²) in [6.45, 7) is 6.15. The molecule has 7 heteroatoms. The van der Waals surface area contributed by atoms with Gasteiger partial charge in [0.05, 0.1) is 30.0 Å². The summed E-state index contributed by atoms with van der Waals surface area (Å²) in [5, 5.41) is 7.00. The Morgan fingerprint density at radius 1 is 1.12 bits per heavy atom. The molecule has 0 bridgehead atoms. The maximum absolute atomic E-state index is 12.5. The van der Waals surface area contributed by atoms with Gasteiger partial charge in [0.2, 0.25) is 5.91 Å². The first kappa shape index (κ1) is 21.4. The van der Waals surface area contributed by atoms with Crippen molar-refractivity contribution in [3.8, 4) is 11.4 Å². The van der Waals surface area contributed by atoms with Crippen molar-refractivity contribution in [2.24, 2.45) is 0 Å². The highest BCUT2D eigenvalue weighted by Gasteiger charge is 2.12. The number of ether oxygens (including phenoxy) is 1. The fourth-order valence-electron chi connectivity index (χ4n) is 3.48. The maximum atomic E-state index is 12.5. The van der Waals surface area contributed by atoms with Crippen molar-refractivity contribution in [1.29, 1.82) is 0 Å². The molecule has 0 radical (unpaired) electrons. The third kappa shape index (κ3) is 5.06. The number of benzene rings is 2. The van der Waals surface area contributed by atoms with E-state index in [9.17, 15) is 4.79 Å². The highest BCUT2D eigenvalue weighted by Crippen LogP contribution is 2.19. The van der Waals surface area contributed by atoms with Crippen LogP contribution in [0.25, 0.3) is 5.69 Å². The normalized spacial score (nSPS) is 11.8. The highest BCUT2D eigenvalue weighted by molar-refractivity contribution is 5.79. The lowest BCUT2D eigenvalue weighted by molar-refractivity contribution is -0.121. The molecule has 0 spiro atoms. The van der Waals surface area contributed by atoms with Crippen molar-refractivity contribution in [2.75, 3.05) is 0 Å². The van der Waals surface area contributed by atoms with Gasteiger partial charge in [0.1, 0.15) is 18.1 Å². The van der Waals surface area contributed by atoms with Crippen LogP contribution in [0, 0.1) is 13.8 Å². The summed E-state index contributed by atoms with van der Waals surface area (Å²) in [5.74, 6) is 1.47. The number of rotatable bonds is 8. The number of aromatic nitrogens is 3. The Morgan fingerprint density at radius 2 is 1.88 bits per heavy atom. The Labute approximate surface area is 187 Å². The summed E-state index contributed by atoms with van der Waals surface area (Å²) >= 11 is 0. The number of hydrogen-bond donors (Lipinski definition) is 1. The van der Waals surface area contributed by atoms with E-state index in [1.54, 1.807) is 12.5 Å². The van der Waals surface area contributed by atoms with Crippen LogP contribution in [-0.4, -0.2) is 20.6 Å². The van der Waals surface area contributed by atoms with E-state index >= 15 is 0 Å². The van der Waals surface area contributed by atoms with Crippen LogP contribution in [0.3, 0.4) is 0 Å². The van der Waals surface area contributed by atoms with Crippen LogP contribution in [0.5, 0.6) is 5.75 Å². The number of nitrogens with zero attached hydrogens (tertiary/aromatic N) is 3. The average molecular weight is 431 g/mol. The molecule has 164 valence electrons. The lowest BCUT2D eigenvalue weighted by atomic mass is 10.1. The fraction of sp³-hybridized carbons (Fsp3) is 0.240. The van der Waals surface area contributed by atoms with Gasteiger partial charge in [-0.3, -0.25) is 4.79 Å². The van der Waals surface area contributed by atoms with Crippen LogP contribution >= 0.6 is 0 Å². The monoisotopic (exact) mass is 430 g/mol. The standard InChI is InChI=1S/C25H26N4O3/c1-17(21-6-8-22(9-7-21)29-13-12-26-16-29)27-25(30)14-20-4-10-23(11-5-20)31-15-24-18(2)28-32-19(24)3/h4-13,16-17H,14-15H2,1-3H3,(H,27,30)/t17-/m0/s1. The molecule has 2 aromatic carbocycles. The van der Waals surface area contributed by atoms with Gasteiger partial charge >= 0.3 is 0 Å². The first-order valence-corrected chi connectivity index (χ1v) is 10.5. The van der Waals surface area contributed by atoms with Gasteiger partial charge in [0.25, 0.3) is 0 Å². The number of hydrogen-bond acceptors (Lipinski definition) is 5. The molecule has 0 saturated heterocycles. The zero-order chi connectivity index (χ0) is 22.5. The molecule has 2 aromatic heterocycles. The summed E-state index contributed by atoms with van der Waals surface area (Å²) < 4.78 is 12.9. The third-order valence-corrected chi connectivity index (χ3v) is 5.43. The number of carbonyl (C=O) groups is 1. The summed E-state index contributed by atoms with van der Waals surface area (Å²) in [7, 11) is 0. The van der Waals surface area contributed by atoms with E-state index < -0.39 is 0 Å². The van der Waals surface area contributed by atoms with Crippen LogP contribution < -0.4 is 10.1 Å². The quantitative estimate of drug-likeness (QED) is 0.446. The van der Waals surface area contributed by atoms with Crippen molar-refractivity contribution in [3.63, 3.8) is 0 Å². The number of carbonyl (C=O) groups excluding carboxylic acids is 1. The molecule has 0 aliphatic carbocycles. The zero-order valence-electron chi connectivity index (χ0n) is 18.4. The molecule has 1 N–H and O–H groups in total. The Hall–Kier alpha value is -3.87. The second kappa shape index (κ2) is 9.51. The van der Waals surface area contributed by atoms with Gasteiger partial charge in [0, 0.05) is 18.1 Å². The van der Waals surface area contributed by atoms with Crippen LogP contribution in [0.1, 0.15) is 41.1 Å². The average Bonchev–Trinajstić information content (AvgIpc) is 3.44. The third-order valence-electron chi connectivity index (χ3n) is 5.43. The summed E-state index contributed by atoms with van der Waals surface area (Å²) in [6, 6.07) is 15.5. The minimum atomic E-state index is -0.0861. The minimum Gasteiger partial charge on any atom is -0.489 e. The van der Waals surface area contributed by atoms with Crippen molar-refractivity contribution in [3.05, 3.63) is 95.4 Å². The molecular weight excluding hydrogens is 404 g/mol. The molecule has 1 amide bonds. The number of aryl methyl sites for hydroxylation is 2. The van der Waals surface area contributed by atoms with E-state index in [-0.39, 0.29) is 11.9 Å². The number of imidazole rings is 1. The van der Waals surface area contributed by atoms with E-state index in [4.69, 9.17) is 9.26 Å². The smallest absolute Gasteiger partial charge is 0.224 e. The van der Waals surface area contributed by atoms with E-state index in [0.717, 1.165) is 39.6 Å². The first-order chi connectivity index (χ1) is 15.5. The van der Waals surface area contributed by atoms with Gasteiger partial charge in [-0.05, 0) is 56.2 Å². The Kier molecular flexibility index (Phi) is 6.35. The molecule has 32 heavy (non-hydrogen) atoms. The van der Waals surface area contributed by atoms with Gasteiger partial charge < -0.3 is 19.1 Å². The molecule has 0 saturated carbocycles.